The number of carbonyl (C=O) groups excluding carboxylic acids is 4. The summed E-state index contributed by atoms with van der Waals surface area (Å²) in [5.41, 5.74) is 1.91. The highest BCUT2D eigenvalue weighted by Crippen LogP contribution is 2.62. The van der Waals surface area contributed by atoms with E-state index < -0.39 is 35.1 Å². The van der Waals surface area contributed by atoms with E-state index in [2.05, 4.69) is 0 Å². The molecule has 3 atom stereocenters. The van der Waals surface area contributed by atoms with Crippen molar-refractivity contribution in [2.24, 2.45) is 5.92 Å². The number of hydrogen-bond acceptors (Lipinski definition) is 7. The number of Topliss-reactive ketones (excluding diaryl/α,β-unsaturated/α-hetero) is 1. The van der Waals surface area contributed by atoms with Gasteiger partial charge >= 0.3 is 11.9 Å². The monoisotopic (exact) mass is 624 g/mol. The molecular weight excluding hydrogens is 592 g/mol. The van der Waals surface area contributed by atoms with E-state index in [9.17, 15) is 9.59 Å². The second-order valence-electron chi connectivity index (χ2n) is 11.5. The molecule has 0 aromatic heterocycles. The lowest BCUT2D eigenvalue weighted by Crippen LogP contribution is -2.61. The molecule has 45 heavy (non-hydrogen) atoms. The maximum Gasteiger partial charge on any atom is 0.355 e. The Balaban J connectivity index is 1.80. The van der Waals surface area contributed by atoms with Gasteiger partial charge in [-0.2, -0.15) is 0 Å². The van der Waals surface area contributed by atoms with Crippen molar-refractivity contribution in [2.45, 2.75) is 38.1 Å². The van der Waals surface area contributed by atoms with Crippen molar-refractivity contribution in [3.8, 4) is 0 Å². The van der Waals surface area contributed by atoms with Crippen LogP contribution in [0.1, 0.15) is 58.4 Å². The number of benzene rings is 3. The normalized spacial score (nSPS) is 21.4. The highest BCUT2D eigenvalue weighted by molar-refractivity contribution is 6.30. The van der Waals surface area contributed by atoms with Crippen molar-refractivity contribution >= 4 is 47.0 Å². The molecule has 3 aliphatic heterocycles. The molecule has 0 fully saturated rings. The fourth-order valence-electron chi connectivity index (χ4n) is 7.14. The summed E-state index contributed by atoms with van der Waals surface area (Å²) < 4.78 is 10.5. The van der Waals surface area contributed by atoms with E-state index in [0.29, 0.717) is 22.8 Å². The van der Waals surface area contributed by atoms with Crippen LogP contribution in [0.2, 0.25) is 5.02 Å². The Morgan fingerprint density at radius 2 is 1.67 bits per heavy atom. The van der Waals surface area contributed by atoms with Gasteiger partial charge in [0, 0.05) is 29.0 Å². The van der Waals surface area contributed by atoms with Gasteiger partial charge in [-0.15, -0.1) is 0 Å². The molecule has 0 saturated carbocycles. The van der Waals surface area contributed by atoms with Crippen LogP contribution in [0.3, 0.4) is 0 Å². The van der Waals surface area contributed by atoms with Gasteiger partial charge in [-0.1, -0.05) is 66.9 Å². The molecule has 3 aromatic carbocycles. The lowest BCUT2D eigenvalue weighted by atomic mass is 9.56. The maximum atomic E-state index is 15.4. The molecule has 8 nitrogen and oxygen atoms in total. The van der Waals surface area contributed by atoms with Crippen LogP contribution in [-0.2, 0) is 29.3 Å². The van der Waals surface area contributed by atoms with Gasteiger partial charge in [0.15, 0.2) is 5.78 Å². The SMILES string of the molecule is CCCCN1C(=O)[C@]2(c3cc(C)ccc31)C(C(=O)c1ccc(Cl)cc1)C(C(=O)OC)=C(C(=O)OC)N1C=Cc3ccccc3[C@H]12. The molecule has 1 unspecified atom stereocenters. The first kappa shape index (κ1) is 30.3. The number of unbranched alkanes of at least 4 members (excludes halogenated alkanes) is 1. The minimum Gasteiger partial charge on any atom is -0.466 e. The summed E-state index contributed by atoms with van der Waals surface area (Å²) >= 11 is 6.20. The first-order valence-electron chi connectivity index (χ1n) is 14.9. The van der Waals surface area contributed by atoms with Gasteiger partial charge < -0.3 is 19.3 Å². The zero-order chi connectivity index (χ0) is 32.0. The first-order valence-corrected chi connectivity index (χ1v) is 15.3. The van der Waals surface area contributed by atoms with E-state index in [1.807, 2.05) is 62.4 Å². The summed E-state index contributed by atoms with van der Waals surface area (Å²) in [5.74, 6) is -4.03. The highest BCUT2D eigenvalue weighted by Gasteiger charge is 2.69. The Hall–Kier alpha value is -4.69. The number of fused-ring (bicyclic) bond motifs is 6. The number of aryl methyl sites for hydroxylation is 1. The van der Waals surface area contributed by atoms with E-state index in [-0.39, 0.29) is 22.7 Å². The number of amides is 1. The van der Waals surface area contributed by atoms with E-state index >= 15 is 9.59 Å². The van der Waals surface area contributed by atoms with Gasteiger partial charge in [-0.05, 0) is 66.4 Å². The molecule has 0 bridgehead atoms. The number of methoxy groups -OCH3 is 2. The summed E-state index contributed by atoms with van der Waals surface area (Å²) in [5, 5.41) is 0.421. The molecule has 0 saturated heterocycles. The summed E-state index contributed by atoms with van der Waals surface area (Å²) in [6.07, 6.45) is 5.07. The van der Waals surface area contributed by atoms with Crippen LogP contribution in [0, 0.1) is 12.8 Å². The molecule has 1 amide bonds. The first-order chi connectivity index (χ1) is 21.7. The zero-order valence-electron chi connectivity index (χ0n) is 25.5. The van der Waals surface area contributed by atoms with Crippen LogP contribution in [0.4, 0.5) is 5.69 Å². The van der Waals surface area contributed by atoms with Crippen molar-refractivity contribution in [1.82, 2.24) is 4.90 Å². The number of anilines is 1. The smallest absolute Gasteiger partial charge is 0.355 e. The summed E-state index contributed by atoms with van der Waals surface area (Å²) in [6.45, 7) is 4.39. The molecule has 6 rings (SSSR count). The van der Waals surface area contributed by atoms with E-state index in [4.69, 9.17) is 21.1 Å². The van der Waals surface area contributed by atoms with Crippen LogP contribution in [-0.4, -0.2) is 49.3 Å². The summed E-state index contributed by atoms with van der Waals surface area (Å²) in [6, 6.07) is 18.8. The van der Waals surface area contributed by atoms with Gasteiger partial charge in [0.05, 0.1) is 31.8 Å². The van der Waals surface area contributed by atoms with Gasteiger partial charge in [-0.25, -0.2) is 9.59 Å². The van der Waals surface area contributed by atoms with Crippen LogP contribution >= 0.6 is 11.6 Å². The third-order valence-corrected chi connectivity index (χ3v) is 9.32. The van der Waals surface area contributed by atoms with Crippen molar-refractivity contribution in [3.63, 3.8) is 0 Å². The number of esters is 2. The maximum absolute atomic E-state index is 15.4. The molecule has 230 valence electrons. The van der Waals surface area contributed by atoms with Gasteiger partial charge in [0.1, 0.15) is 11.1 Å². The van der Waals surface area contributed by atoms with Crippen molar-refractivity contribution in [1.29, 1.82) is 0 Å². The van der Waals surface area contributed by atoms with E-state index in [1.54, 1.807) is 40.3 Å². The summed E-state index contributed by atoms with van der Waals surface area (Å²) in [7, 11) is 2.41. The number of hydrogen-bond donors (Lipinski definition) is 0. The predicted octanol–water partition coefficient (Wildman–Crippen LogP) is 6.17. The Morgan fingerprint density at radius 1 is 0.956 bits per heavy atom. The fraction of sp³-hybridized carbons (Fsp3) is 0.278. The number of ketones is 1. The topological polar surface area (TPSA) is 93.2 Å². The molecule has 0 aliphatic carbocycles. The quantitative estimate of drug-likeness (QED) is 0.229. The number of rotatable bonds is 7. The highest BCUT2D eigenvalue weighted by atomic mass is 35.5. The Kier molecular flexibility index (Phi) is 7.87. The molecule has 1 spiro atoms. The van der Waals surface area contributed by atoms with Crippen molar-refractivity contribution in [3.05, 3.63) is 117 Å². The lowest BCUT2D eigenvalue weighted by molar-refractivity contribution is -0.144. The molecule has 0 N–H and O–H groups in total. The number of ether oxygens (including phenoxy) is 2. The fourth-order valence-corrected chi connectivity index (χ4v) is 7.27. The largest absolute Gasteiger partial charge is 0.466 e. The zero-order valence-corrected chi connectivity index (χ0v) is 26.3. The molecular formula is C36H33ClN2O6. The van der Waals surface area contributed by atoms with Gasteiger partial charge in [0.25, 0.3) is 0 Å². The van der Waals surface area contributed by atoms with Gasteiger partial charge in [0.2, 0.25) is 5.91 Å². The predicted molar refractivity (Wildman–Crippen MR) is 171 cm³/mol. The van der Waals surface area contributed by atoms with Crippen LogP contribution < -0.4 is 4.90 Å². The number of halogens is 1. The second-order valence-corrected chi connectivity index (χ2v) is 11.9. The standard InChI is InChI=1S/C36H33ClN2O6/c1-5-6-18-38-27-16-11-21(2)20-26(27)36(35(38)43)29(31(40)23-12-14-24(37)15-13-23)28(33(41)44-3)30(34(42)45-4)39-19-17-22-9-7-8-10-25(22)32(36)39/h7-17,19-20,29,32H,5-6,18H2,1-4H3/t29?,32-,36+/m0/s1. The van der Waals surface area contributed by atoms with E-state index in [0.717, 1.165) is 29.5 Å². The Bertz CT molecular complexity index is 1800. The molecule has 3 aromatic rings. The number of carbonyl (C=O) groups is 4. The lowest BCUT2D eigenvalue weighted by Gasteiger charge is -2.52. The van der Waals surface area contributed by atoms with Crippen LogP contribution in [0.25, 0.3) is 6.08 Å². The second kappa shape index (κ2) is 11.7. The molecule has 3 aliphatic rings. The van der Waals surface area contributed by atoms with E-state index in [1.165, 1.54) is 14.2 Å². The molecule has 0 radical (unpaired) electrons. The van der Waals surface area contributed by atoms with Crippen molar-refractivity contribution < 1.29 is 28.7 Å². The Labute approximate surface area is 266 Å². The average molecular weight is 625 g/mol. The summed E-state index contributed by atoms with van der Waals surface area (Å²) in [4.78, 5) is 61.5. The molecule has 3 heterocycles. The Morgan fingerprint density at radius 3 is 2.36 bits per heavy atom. The van der Waals surface area contributed by atoms with Crippen molar-refractivity contribution in [2.75, 3.05) is 25.7 Å². The minimum absolute atomic E-state index is 0.146. The minimum atomic E-state index is -1.67. The third kappa shape index (κ3) is 4.50. The number of nitrogens with zero attached hydrogens (tertiary/aromatic N) is 2. The average Bonchev–Trinajstić information content (AvgIpc) is 3.28. The molecule has 9 heteroatoms. The van der Waals surface area contributed by atoms with Crippen LogP contribution in [0.5, 0.6) is 0 Å². The van der Waals surface area contributed by atoms with Crippen LogP contribution in [0.15, 0.2) is 84.2 Å². The third-order valence-electron chi connectivity index (χ3n) is 9.07. The van der Waals surface area contributed by atoms with Gasteiger partial charge in [-0.3, -0.25) is 9.59 Å².